The van der Waals surface area contributed by atoms with Crippen LogP contribution in [0.4, 0.5) is 0 Å². The van der Waals surface area contributed by atoms with Gasteiger partial charge in [0.15, 0.2) is 0 Å². The van der Waals surface area contributed by atoms with Crippen molar-refractivity contribution in [1.82, 2.24) is 9.80 Å². The molecule has 0 aliphatic carbocycles. The van der Waals surface area contributed by atoms with E-state index in [0.29, 0.717) is 43.2 Å². The molecule has 34 heavy (non-hydrogen) atoms. The summed E-state index contributed by atoms with van der Waals surface area (Å²) in [5.74, 6) is -0.175. The van der Waals surface area contributed by atoms with Gasteiger partial charge in [-0.1, -0.05) is 12.1 Å². The van der Waals surface area contributed by atoms with Crippen LogP contribution >= 0.6 is 0 Å². The van der Waals surface area contributed by atoms with E-state index in [9.17, 15) is 14.7 Å². The molecule has 2 heterocycles. The van der Waals surface area contributed by atoms with E-state index in [1.54, 1.807) is 55.5 Å². The second-order valence-corrected chi connectivity index (χ2v) is 8.30. The molecule has 2 aromatic carbocycles. The number of aliphatic hydroxyl groups is 1. The molecule has 4 rings (SSSR count). The van der Waals surface area contributed by atoms with Crippen LogP contribution in [-0.2, 0) is 14.3 Å². The predicted octanol–water partition coefficient (Wildman–Crippen LogP) is 2.85. The molecule has 2 fully saturated rings. The van der Waals surface area contributed by atoms with E-state index in [1.807, 2.05) is 12.1 Å². The van der Waals surface area contributed by atoms with Gasteiger partial charge in [-0.2, -0.15) is 0 Å². The molecule has 1 N–H and O–H groups in total. The normalized spacial score (nSPS) is 20.5. The number of aliphatic hydroxyl groups excluding tert-OH is 1. The highest BCUT2D eigenvalue weighted by Gasteiger charge is 2.45. The second kappa shape index (κ2) is 10.7. The lowest BCUT2D eigenvalue weighted by Gasteiger charge is -2.29. The number of Topliss-reactive ketones (excluding diaryl/α,β-unsaturated/α-hetero) is 1. The van der Waals surface area contributed by atoms with Crippen LogP contribution < -0.4 is 9.47 Å². The number of carbonyl (C=O) groups excluding carboxylic acids is 2. The second-order valence-electron chi connectivity index (χ2n) is 8.30. The van der Waals surface area contributed by atoms with Crippen molar-refractivity contribution in [2.45, 2.75) is 12.5 Å². The van der Waals surface area contributed by atoms with Gasteiger partial charge in [-0.25, -0.2) is 0 Å². The molecule has 0 spiro atoms. The number of benzene rings is 2. The summed E-state index contributed by atoms with van der Waals surface area (Å²) in [5.41, 5.74) is 1.28. The summed E-state index contributed by atoms with van der Waals surface area (Å²) in [6, 6.07) is 13.3. The summed E-state index contributed by atoms with van der Waals surface area (Å²) in [6.45, 7) is 4.34. The van der Waals surface area contributed by atoms with Gasteiger partial charge >= 0.3 is 0 Å². The molecule has 0 bridgehead atoms. The summed E-state index contributed by atoms with van der Waals surface area (Å²) in [5, 5.41) is 11.1. The number of nitrogens with zero attached hydrogens (tertiary/aromatic N) is 2. The van der Waals surface area contributed by atoms with Crippen LogP contribution in [0.1, 0.15) is 23.6 Å². The Kier molecular flexibility index (Phi) is 7.49. The number of hydrogen-bond acceptors (Lipinski definition) is 7. The van der Waals surface area contributed by atoms with Gasteiger partial charge in [0.2, 0.25) is 0 Å². The Morgan fingerprint density at radius 2 is 1.53 bits per heavy atom. The molecular weight excluding hydrogens is 436 g/mol. The predicted molar refractivity (Wildman–Crippen MR) is 127 cm³/mol. The number of ketones is 1. The molecule has 180 valence electrons. The summed E-state index contributed by atoms with van der Waals surface area (Å²) < 4.78 is 15.8. The number of carbonyl (C=O) groups is 2. The van der Waals surface area contributed by atoms with Gasteiger partial charge in [-0.15, -0.1) is 0 Å². The van der Waals surface area contributed by atoms with Gasteiger partial charge in [-0.3, -0.25) is 14.5 Å². The first kappa shape index (κ1) is 23.8. The fourth-order valence-electron chi connectivity index (χ4n) is 4.44. The van der Waals surface area contributed by atoms with Crippen molar-refractivity contribution in [1.29, 1.82) is 0 Å². The third-order valence-corrected chi connectivity index (χ3v) is 6.31. The number of amides is 1. The Morgan fingerprint density at radius 3 is 2.12 bits per heavy atom. The van der Waals surface area contributed by atoms with Crippen molar-refractivity contribution >= 4 is 17.4 Å². The Hall–Kier alpha value is -3.36. The molecule has 0 saturated carbocycles. The first-order valence-corrected chi connectivity index (χ1v) is 11.4. The molecule has 2 aliphatic rings. The van der Waals surface area contributed by atoms with Gasteiger partial charge in [0.05, 0.1) is 39.0 Å². The maximum Gasteiger partial charge on any atom is 0.295 e. The van der Waals surface area contributed by atoms with Crippen molar-refractivity contribution in [3.8, 4) is 11.5 Å². The Morgan fingerprint density at radius 1 is 0.941 bits per heavy atom. The lowest BCUT2D eigenvalue weighted by molar-refractivity contribution is -0.140. The number of likely N-dealkylation sites (tertiary alicyclic amines) is 1. The van der Waals surface area contributed by atoms with Crippen LogP contribution in [0.2, 0.25) is 0 Å². The molecule has 0 aromatic heterocycles. The highest BCUT2D eigenvalue weighted by Crippen LogP contribution is 2.40. The molecule has 1 amide bonds. The summed E-state index contributed by atoms with van der Waals surface area (Å²) in [7, 11) is 3.14. The van der Waals surface area contributed by atoms with Gasteiger partial charge in [0.1, 0.15) is 17.3 Å². The van der Waals surface area contributed by atoms with Crippen LogP contribution in [0.3, 0.4) is 0 Å². The van der Waals surface area contributed by atoms with Gasteiger partial charge in [0, 0.05) is 31.7 Å². The highest BCUT2D eigenvalue weighted by atomic mass is 16.5. The number of methoxy groups -OCH3 is 2. The Labute approximate surface area is 199 Å². The van der Waals surface area contributed by atoms with Crippen LogP contribution in [-0.4, -0.2) is 80.2 Å². The minimum atomic E-state index is -0.683. The number of rotatable bonds is 8. The van der Waals surface area contributed by atoms with Gasteiger partial charge < -0.3 is 24.2 Å². The zero-order valence-electron chi connectivity index (χ0n) is 19.5. The fourth-order valence-corrected chi connectivity index (χ4v) is 4.44. The summed E-state index contributed by atoms with van der Waals surface area (Å²) in [4.78, 5) is 30.1. The van der Waals surface area contributed by atoms with Crippen molar-refractivity contribution < 1.29 is 28.9 Å². The zero-order valence-corrected chi connectivity index (χ0v) is 19.5. The van der Waals surface area contributed by atoms with E-state index in [-0.39, 0.29) is 11.3 Å². The SMILES string of the molecule is COc1ccc(C(O)=C2C(=O)C(=O)N(CCCN3CCOCC3)[C@H]2c2ccc(OC)cc2)cc1. The van der Waals surface area contributed by atoms with Gasteiger partial charge in [0.25, 0.3) is 11.7 Å². The third-order valence-electron chi connectivity index (χ3n) is 6.31. The summed E-state index contributed by atoms with van der Waals surface area (Å²) in [6.07, 6.45) is 0.711. The number of hydrogen-bond donors (Lipinski definition) is 1. The van der Waals surface area contributed by atoms with Crippen LogP contribution in [0.5, 0.6) is 11.5 Å². The minimum absolute atomic E-state index is 0.0895. The van der Waals surface area contributed by atoms with Crippen molar-refractivity contribution in [3.63, 3.8) is 0 Å². The average molecular weight is 467 g/mol. The lowest BCUT2D eigenvalue weighted by Crippen LogP contribution is -2.38. The molecule has 0 unspecified atom stereocenters. The maximum absolute atomic E-state index is 13.1. The molecule has 8 nitrogen and oxygen atoms in total. The molecular formula is C26H30N2O6. The number of ether oxygens (including phenoxy) is 3. The molecule has 2 aliphatic heterocycles. The monoisotopic (exact) mass is 466 g/mol. The third kappa shape index (κ3) is 4.93. The smallest absolute Gasteiger partial charge is 0.295 e. The minimum Gasteiger partial charge on any atom is -0.507 e. The van der Waals surface area contributed by atoms with E-state index >= 15 is 0 Å². The first-order chi connectivity index (χ1) is 16.5. The molecule has 1 atom stereocenters. The summed E-state index contributed by atoms with van der Waals surface area (Å²) >= 11 is 0. The van der Waals surface area contributed by atoms with E-state index in [4.69, 9.17) is 14.2 Å². The Bertz CT molecular complexity index is 1040. The molecule has 2 aromatic rings. The molecule has 2 saturated heterocycles. The number of morpholine rings is 1. The highest BCUT2D eigenvalue weighted by molar-refractivity contribution is 6.46. The maximum atomic E-state index is 13.1. The van der Waals surface area contributed by atoms with Crippen LogP contribution in [0, 0.1) is 0 Å². The van der Waals surface area contributed by atoms with Crippen LogP contribution in [0.15, 0.2) is 54.1 Å². The largest absolute Gasteiger partial charge is 0.507 e. The standard InChI is InChI=1S/C26H30N2O6/c1-32-20-8-4-18(5-9-20)23-22(24(29)19-6-10-21(33-2)11-7-19)25(30)26(31)28(23)13-3-12-27-14-16-34-17-15-27/h4-11,23,29H,3,12-17H2,1-2H3/t23-/m0/s1. The molecule has 8 heteroatoms. The topological polar surface area (TPSA) is 88.5 Å². The van der Waals surface area contributed by atoms with Crippen molar-refractivity contribution in [2.24, 2.45) is 0 Å². The van der Waals surface area contributed by atoms with E-state index in [1.165, 1.54) is 0 Å². The van der Waals surface area contributed by atoms with E-state index in [0.717, 1.165) is 25.2 Å². The van der Waals surface area contributed by atoms with Gasteiger partial charge in [-0.05, 0) is 48.4 Å². The van der Waals surface area contributed by atoms with Crippen molar-refractivity contribution in [2.75, 3.05) is 53.6 Å². The Balaban J connectivity index is 1.66. The molecule has 0 radical (unpaired) electrons. The van der Waals surface area contributed by atoms with E-state index in [2.05, 4.69) is 4.90 Å². The zero-order chi connectivity index (χ0) is 24.1. The fraction of sp³-hybridized carbons (Fsp3) is 0.385. The quantitative estimate of drug-likeness (QED) is 0.364. The van der Waals surface area contributed by atoms with Crippen LogP contribution in [0.25, 0.3) is 5.76 Å². The lowest BCUT2D eigenvalue weighted by atomic mass is 9.95. The first-order valence-electron chi connectivity index (χ1n) is 11.4. The average Bonchev–Trinajstić information content (AvgIpc) is 3.14. The van der Waals surface area contributed by atoms with E-state index < -0.39 is 17.7 Å². The van der Waals surface area contributed by atoms with Crippen molar-refractivity contribution in [3.05, 3.63) is 65.2 Å².